The number of alkyl halides is 1. The summed E-state index contributed by atoms with van der Waals surface area (Å²) in [4.78, 5) is 13.0. The SMILES string of the molecule is O=C1CC(Br)CN1c1c(F)cc(Cl)cc1Cl. The summed E-state index contributed by atoms with van der Waals surface area (Å²) < 4.78 is 13.7. The standard InChI is InChI=1S/C10H7BrCl2FNO/c11-5-1-9(16)15(4-5)10-7(13)2-6(12)3-8(10)14/h2-3,5H,1,4H2. The van der Waals surface area contributed by atoms with Crippen LogP contribution < -0.4 is 4.90 Å². The van der Waals surface area contributed by atoms with E-state index in [2.05, 4.69) is 15.9 Å². The van der Waals surface area contributed by atoms with Gasteiger partial charge in [-0.2, -0.15) is 0 Å². The quantitative estimate of drug-likeness (QED) is 0.722. The van der Waals surface area contributed by atoms with Crippen molar-refractivity contribution < 1.29 is 9.18 Å². The molecule has 1 fully saturated rings. The molecule has 1 aromatic carbocycles. The van der Waals surface area contributed by atoms with E-state index in [4.69, 9.17) is 23.2 Å². The zero-order chi connectivity index (χ0) is 11.9. The van der Waals surface area contributed by atoms with Crippen LogP contribution in [0.25, 0.3) is 0 Å². The van der Waals surface area contributed by atoms with E-state index in [9.17, 15) is 9.18 Å². The Labute approximate surface area is 110 Å². The zero-order valence-electron chi connectivity index (χ0n) is 8.01. The van der Waals surface area contributed by atoms with Gasteiger partial charge in [-0.25, -0.2) is 4.39 Å². The summed E-state index contributed by atoms with van der Waals surface area (Å²) in [5.74, 6) is -0.725. The molecule has 16 heavy (non-hydrogen) atoms. The number of hydrogen-bond acceptors (Lipinski definition) is 1. The predicted octanol–water partition coefficient (Wildman–Crippen LogP) is 3.63. The minimum Gasteiger partial charge on any atom is -0.307 e. The second-order valence-corrected chi connectivity index (χ2v) is 5.66. The van der Waals surface area contributed by atoms with Gasteiger partial charge in [-0.1, -0.05) is 39.1 Å². The highest BCUT2D eigenvalue weighted by Gasteiger charge is 2.32. The summed E-state index contributed by atoms with van der Waals surface area (Å²) in [6, 6.07) is 2.58. The summed E-state index contributed by atoms with van der Waals surface area (Å²) in [5.41, 5.74) is 0.109. The van der Waals surface area contributed by atoms with Crippen LogP contribution in [0.5, 0.6) is 0 Å². The topological polar surface area (TPSA) is 20.3 Å². The van der Waals surface area contributed by atoms with Crippen LogP contribution in [0, 0.1) is 5.82 Å². The van der Waals surface area contributed by atoms with Gasteiger partial charge in [0.05, 0.1) is 10.7 Å². The number of nitrogens with zero attached hydrogens (tertiary/aromatic N) is 1. The maximum Gasteiger partial charge on any atom is 0.228 e. The Kier molecular flexibility index (Phi) is 3.42. The van der Waals surface area contributed by atoms with Gasteiger partial charge in [-0.15, -0.1) is 0 Å². The van der Waals surface area contributed by atoms with Crippen molar-refractivity contribution in [1.29, 1.82) is 0 Å². The van der Waals surface area contributed by atoms with E-state index in [0.29, 0.717) is 13.0 Å². The molecule has 1 atom stereocenters. The number of rotatable bonds is 1. The third kappa shape index (κ3) is 2.19. The van der Waals surface area contributed by atoms with Crippen LogP contribution in [0.4, 0.5) is 10.1 Å². The molecule has 1 saturated heterocycles. The van der Waals surface area contributed by atoms with E-state index in [0.717, 1.165) is 6.07 Å². The molecule has 0 spiro atoms. The fourth-order valence-corrected chi connectivity index (χ4v) is 2.81. The van der Waals surface area contributed by atoms with Gasteiger partial charge in [-0.05, 0) is 12.1 Å². The van der Waals surface area contributed by atoms with Gasteiger partial charge in [0.2, 0.25) is 5.91 Å². The number of amides is 1. The van der Waals surface area contributed by atoms with E-state index in [-0.39, 0.29) is 26.5 Å². The summed E-state index contributed by atoms with van der Waals surface area (Å²) in [7, 11) is 0. The highest BCUT2D eigenvalue weighted by molar-refractivity contribution is 9.09. The largest absolute Gasteiger partial charge is 0.307 e. The summed E-state index contributed by atoms with van der Waals surface area (Å²) >= 11 is 14.9. The molecular weight excluding hydrogens is 320 g/mol. The average molecular weight is 327 g/mol. The van der Waals surface area contributed by atoms with Crippen LogP contribution in [0.15, 0.2) is 12.1 Å². The highest BCUT2D eigenvalue weighted by Crippen LogP contribution is 2.35. The lowest BCUT2D eigenvalue weighted by Gasteiger charge is -2.18. The first-order valence-electron chi connectivity index (χ1n) is 4.58. The fourth-order valence-electron chi connectivity index (χ4n) is 1.67. The Morgan fingerprint density at radius 3 is 2.62 bits per heavy atom. The van der Waals surface area contributed by atoms with E-state index in [1.807, 2.05) is 0 Å². The molecule has 0 saturated carbocycles. The first-order chi connectivity index (χ1) is 7.49. The van der Waals surface area contributed by atoms with Crippen LogP contribution in [0.2, 0.25) is 10.0 Å². The fraction of sp³-hybridized carbons (Fsp3) is 0.300. The van der Waals surface area contributed by atoms with Crippen molar-refractivity contribution >= 4 is 50.7 Å². The molecule has 6 heteroatoms. The van der Waals surface area contributed by atoms with E-state index in [1.165, 1.54) is 11.0 Å². The number of carbonyl (C=O) groups excluding carboxylic acids is 1. The second kappa shape index (κ2) is 4.51. The van der Waals surface area contributed by atoms with Gasteiger partial charge in [0, 0.05) is 22.8 Å². The lowest BCUT2D eigenvalue weighted by molar-refractivity contribution is -0.117. The molecule has 0 N–H and O–H groups in total. The van der Waals surface area contributed by atoms with Crippen LogP contribution in [0.1, 0.15) is 6.42 Å². The Morgan fingerprint density at radius 2 is 2.12 bits per heavy atom. The monoisotopic (exact) mass is 325 g/mol. The van der Waals surface area contributed by atoms with Crippen molar-refractivity contribution in [3.05, 3.63) is 28.0 Å². The third-order valence-corrected chi connectivity index (χ3v) is 3.45. The van der Waals surface area contributed by atoms with E-state index in [1.54, 1.807) is 0 Å². The average Bonchev–Trinajstić information content (AvgIpc) is 2.43. The van der Waals surface area contributed by atoms with Gasteiger partial charge >= 0.3 is 0 Å². The lowest BCUT2D eigenvalue weighted by atomic mass is 10.3. The van der Waals surface area contributed by atoms with Gasteiger partial charge in [0.15, 0.2) is 0 Å². The van der Waals surface area contributed by atoms with Crippen molar-refractivity contribution in [2.24, 2.45) is 0 Å². The first kappa shape index (κ1) is 12.1. The van der Waals surface area contributed by atoms with Crippen molar-refractivity contribution in [3.8, 4) is 0 Å². The molecule has 0 aliphatic carbocycles. The number of halogens is 4. The van der Waals surface area contributed by atoms with Gasteiger partial charge in [0.1, 0.15) is 5.82 Å². The molecule has 0 radical (unpaired) electrons. The summed E-state index contributed by atoms with van der Waals surface area (Å²) in [6.45, 7) is 0.414. The smallest absolute Gasteiger partial charge is 0.228 e. The molecular formula is C10H7BrCl2FNO. The minimum atomic E-state index is -0.576. The number of benzene rings is 1. The van der Waals surface area contributed by atoms with E-state index >= 15 is 0 Å². The first-order valence-corrected chi connectivity index (χ1v) is 6.25. The molecule has 2 rings (SSSR count). The van der Waals surface area contributed by atoms with Gasteiger partial charge < -0.3 is 4.90 Å². The Hall–Kier alpha value is -0.320. The second-order valence-electron chi connectivity index (χ2n) is 3.52. The normalized spacial score (nSPS) is 20.6. The molecule has 1 amide bonds. The Balaban J connectivity index is 2.44. The number of hydrogen-bond donors (Lipinski definition) is 0. The number of anilines is 1. The predicted molar refractivity (Wildman–Crippen MR) is 66.1 cm³/mol. The number of carbonyl (C=O) groups is 1. The molecule has 1 aliphatic heterocycles. The maximum absolute atomic E-state index is 13.7. The molecule has 1 aliphatic rings. The third-order valence-electron chi connectivity index (χ3n) is 2.33. The molecule has 86 valence electrons. The van der Waals surface area contributed by atoms with Crippen molar-refractivity contribution in [2.75, 3.05) is 11.4 Å². The van der Waals surface area contributed by atoms with Crippen LogP contribution in [-0.4, -0.2) is 17.3 Å². The molecule has 1 heterocycles. The minimum absolute atomic E-state index is 0.0335. The van der Waals surface area contributed by atoms with Crippen molar-refractivity contribution in [2.45, 2.75) is 11.2 Å². The molecule has 2 nitrogen and oxygen atoms in total. The zero-order valence-corrected chi connectivity index (χ0v) is 11.1. The molecule has 1 aromatic rings. The lowest BCUT2D eigenvalue weighted by Crippen LogP contribution is -2.26. The van der Waals surface area contributed by atoms with Crippen LogP contribution >= 0.6 is 39.1 Å². The van der Waals surface area contributed by atoms with Crippen LogP contribution in [-0.2, 0) is 4.79 Å². The summed E-state index contributed by atoms with van der Waals surface area (Å²) in [5, 5.41) is 0.369. The molecule has 1 unspecified atom stereocenters. The van der Waals surface area contributed by atoms with Crippen molar-refractivity contribution in [3.63, 3.8) is 0 Å². The highest BCUT2D eigenvalue weighted by atomic mass is 79.9. The molecule has 0 aromatic heterocycles. The Bertz CT molecular complexity index is 431. The summed E-state index contributed by atoms with van der Waals surface area (Å²) in [6.07, 6.45) is 0.346. The van der Waals surface area contributed by atoms with Gasteiger partial charge in [-0.3, -0.25) is 4.79 Å². The van der Waals surface area contributed by atoms with Gasteiger partial charge in [0.25, 0.3) is 0 Å². The van der Waals surface area contributed by atoms with Crippen LogP contribution in [0.3, 0.4) is 0 Å². The maximum atomic E-state index is 13.7. The van der Waals surface area contributed by atoms with Crippen molar-refractivity contribution in [1.82, 2.24) is 0 Å². The Morgan fingerprint density at radius 1 is 1.44 bits per heavy atom. The van der Waals surface area contributed by atoms with E-state index < -0.39 is 5.82 Å². The molecule has 0 bridgehead atoms.